The fourth-order valence-electron chi connectivity index (χ4n) is 2.84. The number of carbonyl (C=O) groups excluding carboxylic acids is 1. The molecular formula is C20H21N3O4S. The largest absolute Gasteiger partial charge is 0.452 e. The number of sulfonamides is 1. The van der Waals surface area contributed by atoms with Gasteiger partial charge >= 0.3 is 6.09 Å². The predicted molar refractivity (Wildman–Crippen MR) is 105 cm³/mol. The Morgan fingerprint density at radius 2 is 1.86 bits per heavy atom. The summed E-state index contributed by atoms with van der Waals surface area (Å²) < 4.78 is 31.3. The lowest BCUT2D eigenvalue weighted by atomic mass is 10.0. The highest BCUT2D eigenvalue weighted by Gasteiger charge is 2.21. The number of nitrogens with one attached hydrogen (secondary N) is 2. The Kier molecular flexibility index (Phi) is 5.79. The zero-order chi connectivity index (χ0) is 20.1. The van der Waals surface area contributed by atoms with E-state index in [0.717, 1.165) is 36.2 Å². The summed E-state index contributed by atoms with van der Waals surface area (Å²) >= 11 is 0. The number of nitrogens with zero attached hydrogens (tertiary/aromatic N) is 1. The van der Waals surface area contributed by atoms with E-state index in [-0.39, 0.29) is 4.90 Å². The Labute approximate surface area is 163 Å². The number of methoxy groups -OCH3 is 1. The van der Waals surface area contributed by atoms with Crippen LogP contribution < -0.4 is 4.72 Å². The highest BCUT2D eigenvalue weighted by Crippen LogP contribution is 2.27. The Balaban J connectivity index is 1.87. The predicted octanol–water partition coefficient (Wildman–Crippen LogP) is 3.27. The minimum atomic E-state index is -4.05. The molecule has 2 N–H and O–H groups in total. The Bertz CT molecular complexity index is 1070. The van der Waals surface area contributed by atoms with Crippen LogP contribution in [0.5, 0.6) is 0 Å². The van der Waals surface area contributed by atoms with Gasteiger partial charge in [0, 0.05) is 30.3 Å². The fourth-order valence-corrected chi connectivity index (χ4v) is 3.99. The molecule has 28 heavy (non-hydrogen) atoms. The molecule has 0 atom stereocenters. The van der Waals surface area contributed by atoms with Gasteiger partial charge in [-0.1, -0.05) is 49.4 Å². The van der Waals surface area contributed by atoms with Crippen LogP contribution in [-0.4, -0.2) is 31.6 Å². The van der Waals surface area contributed by atoms with E-state index < -0.39 is 16.1 Å². The lowest BCUT2D eigenvalue weighted by molar-refractivity contribution is 0.177. The van der Waals surface area contributed by atoms with Crippen molar-refractivity contribution in [2.75, 3.05) is 7.11 Å². The third-order valence-corrected chi connectivity index (χ3v) is 5.63. The smallest absolute Gasteiger partial charge is 0.420 e. The Hall–Kier alpha value is -3.13. The van der Waals surface area contributed by atoms with Gasteiger partial charge in [-0.2, -0.15) is 0 Å². The summed E-state index contributed by atoms with van der Waals surface area (Å²) in [4.78, 5) is 18.9. The van der Waals surface area contributed by atoms with Gasteiger partial charge in [-0.25, -0.2) is 22.9 Å². The number of ether oxygens (including phenoxy) is 1. The number of carbonyl (C=O) groups is 1. The van der Waals surface area contributed by atoms with Crippen molar-refractivity contribution in [2.24, 2.45) is 0 Å². The normalized spacial score (nSPS) is 11.2. The van der Waals surface area contributed by atoms with Crippen LogP contribution in [-0.2, 0) is 27.6 Å². The molecule has 0 saturated carbocycles. The van der Waals surface area contributed by atoms with Crippen molar-refractivity contribution >= 4 is 16.1 Å². The first-order valence-electron chi connectivity index (χ1n) is 8.75. The molecule has 1 amide bonds. The van der Waals surface area contributed by atoms with Gasteiger partial charge in [0.2, 0.25) is 0 Å². The van der Waals surface area contributed by atoms with Crippen LogP contribution in [0.25, 0.3) is 11.1 Å². The molecule has 0 saturated heterocycles. The van der Waals surface area contributed by atoms with Crippen LogP contribution in [0.4, 0.5) is 4.79 Å². The molecule has 0 spiro atoms. The third kappa shape index (κ3) is 4.40. The molecule has 3 rings (SSSR count). The van der Waals surface area contributed by atoms with E-state index in [9.17, 15) is 13.2 Å². The molecule has 0 aliphatic heterocycles. The van der Waals surface area contributed by atoms with Crippen LogP contribution in [0.15, 0.2) is 59.6 Å². The molecule has 0 unspecified atom stereocenters. The summed E-state index contributed by atoms with van der Waals surface area (Å²) in [5, 5.41) is 0. The monoisotopic (exact) mass is 399 g/mol. The maximum Gasteiger partial charge on any atom is 0.420 e. The Morgan fingerprint density at radius 1 is 1.14 bits per heavy atom. The summed E-state index contributed by atoms with van der Waals surface area (Å²) in [5.41, 5.74) is 3.33. The average Bonchev–Trinajstić information content (AvgIpc) is 3.16. The van der Waals surface area contributed by atoms with Gasteiger partial charge in [0.15, 0.2) is 0 Å². The highest BCUT2D eigenvalue weighted by atomic mass is 32.2. The summed E-state index contributed by atoms with van der Waals surface area (Å²) in [5.74, 6) is 0.948. The van der Waals surface area contributed by atoms with Gasteiger partial charge in [-0.3, -0.25) is 0 Å². The second-order valence-corrected chi connectivity index (χ2v) is 7.83. The van der Waals surface area contributed by atoms with E-state index >= 15 is 0 Å². The van der Waals surface area contributed by atoms with Crippen molar-refractivity contribution in [2.45, 2.75) is 24.7 Å². The van der Waals surface area contributed by atoms with E-state index in [1.807, 2.05) is 42.1 Å². The molecule has 1 aromatic heterocycles. The summed E-state index contributed by atoms with van der Waals surface area (Å²) in [7, 11) is -2.94. The van der Waals surface area contributed by atoms with Crippen molar-refractivity contribution in [3.63, 3.8) is 0 Å². The van der Waals surface area contributed by atoms with Crippen molar-refractivity contribution in [1.29, 1.82) is 0 Å². The fraction of sp³-hybridized carbons (Fsp3) is 0.200. The number of imidazole rings is 1. The number of hydrogen-bond donors (Lipinski definition) is 2. The molecular weight excluding hydrogens is 378 g/mol. The van der Waals surface area contributed by atoms with Crippen LogP contribution in [0.1, 0.15) is 24.0 Å². The SMILES string of the molecule is CCc1ncc(Cc2ccc(-c3ccccc3S(=O)(=O)NC(=O)OC)cc2)[nH]1. The van der Waals surface area contributed by atoms with Crippen LogP contribution in [0.2, 0.25) is 0 Å². The Morgan fingerprint density at radius 3 is 2.50 bits per heavy atom. The summed E-state index contributed by atoms with van der Waals surface area (Å²) in [6.07, 6.45) is 2.35. The van der Waals surface area contributed by atoms with Gasteiger partial charge in [-0.15, -0.1) is 0 Å². The topological polar surface area (TPSA) is 101 Å². The quantitative estimate of drug-likeness (QED) is 0.662. The number of rotatable bonds is 6. The van der Waals surface area contributed by atoms with Gasteiger partial charge in [0.1, 0.15) is 5.82 Å². The van der Waals surface area contributed by atoms with E-state index in [0.29, 0.717) is 12.0 Å². The second-order valence-electron chi connectivity index (χ2n) is 6.18. The number of hydrogen-bond acceptors (Lipinski definition) is 5. The minimum Gasteiger partial charge on any atom is -0.452 e. The van der Waals surface area contributed by atoms with Crippen molar-refractivity contribution < 1.29 is 17.9 Å². The molecule has 146 valence electrons. The van der Waals surface area contributed by atoms with Gasteiger partial charge in [0.25, 0.3) is 10.0 Å². The molecule has 1 heterocycles. The van der Waals surface area contributed by atoms with Gasteiger partial charge in [-0.05, 0) is 17.2 Å². The number of amides is 1. The highest BCUT2D eigenvalue weighted by molar-refractivity contribution is 7.90. The lowest BCUT2D eigenvalue weighted by Gasteiger charge is -2.11. The molecule has 2 aromatic carbocycles. The first-order valence-corrected chi connectivity index (χ1v) is 10.2. The maximum absolute atomic E-state index is 12.5. The number of aromatic amines is 1. The van der Waals surface area contributed by atoms with Gasteiger partial charge in [0.05, 0.1) is 12.0 Å². The molecule has 0 aliphatic rings. The lowest BCUT2D eigenvalue weighted by Crippen LogP contribution is -2.30. The van der Waals surface area contributed by atoms with Crippen LogP contribution in [0.3, 0.4) is 0 Å². The molecule has 0 bridgehead atoms. The standard InChI is InChI=1S/C20H21N3O4S/c1-3-19-21-13-16(22-19)12-14-8-10-15(11-9-14)17-6-4-5-7-18(17)28(25,26)23-20(24)27-2/h4-11,13H,3,12H2,1-2H3,(H,21,22)(H,23,24). The maximum atomic E-state index is 12.5. The molecule has 0 aliphatic carbocycles. The zero-order valence-electron chi connectivity index (χ0n) is 15.6. The summed E-state index contributed by atoms with van der Waals surface area (Å²) in [6.45, 7) is 2.04. The molecule has 3 aromatic rings. The minimum absolute atomic E-state index is 0.00862. The van der Waals surface area contributed by atoms with E-state index in [4.69, 9.17) is 0 Å². The molecule has 7 nitrogen and oxygen atoms in total. The molecule has 8 heteroatoms. The summed E-state index contributed by atoms with van der Waals surface area (Å²) in [6, 6.07) is 14.1. The van der Waals surface area contributed by atoms with E-state index in [1.165, 1.54) is 6.07 Å². The van der Waals surface area contributed by atoms with E-state index in [2.05, 4.69) is 14.7 Å². The zero-order valence-corrected chi connectivity index (χ0v) is 16.4. The van der Waals surface area contributed by atoms with Gasteiger partial charge < -0.3 is 9.72 Å². The van der Waals surface area contributed by atoms with Crippen molar-refractivity contribution in [3.05, 3.63) is 71.8 Å². The van der Waals surface area contributed by atoms with Crippen molar-refractivity contribution in [1.82, 2.24) is 14.7 Å². The van der Waals surface area contributed by atoms with E-state index in [1.54, 1.807) is 18.2 Å². The number of aromatic nitrogens is 2. The first-order chi connectivity index (χ1) is 13.4. The van der Waals surface area contributed by atoms with Crippen LogP contribution in [0, 0.1) is 0 Å². The average molecular weight is 399 g/mol. The number of benzene rings is 2. The van der Waals surface area contributed by atoms with Crippen molar-refractivity contribution in [3.8, 4) is 11.1 Å². The third-order valence-electron chi connectivity index (χ3n) is 4.26. The van der Waals surface area contributed by atoms with Crippen LogP contribution >= 0.6 is 0 Å². The number of H-pyrrole nitrogens is 1. The second kappa shape index (κ2) is 8.26. The first kappa shape index (κ1) is 19.6. The number of aryl methyl sites for hydroxylation is 1. The molecule has 0 radical (unpaired) electrons. The molecule has 0 fully saturated rings.